The number of imide groups is 1. The number of benzene rings is 1. The Balaban J connectivity index is 1.64. The van der Waals surface area contributed by atoms with E-state index in [0.29, 0.717) is 12.8 Å². The zero-order valence-corrected chi connectivity index (χ0v) is 17.7. The second-order valence-electron chi connectivity index (χ2n) is 8.43. The number of urea groups is 1. The summed E-state index contributed by atoms with van der Waals surface area (Å²) in [5.41, 5.74) is 0.0516. The first kappa shape index (κ1) is 21.1. The topological polar surface area (TPSA) is 79.0 Å². The fourth-order valence-corrected chi connectivity index (χ4v) is 4.38. The Labute approximate surface area is 172 Å². The minimum absolute atomic E-state index is 0.133. The number of carbonyl (C=O) groups is 3. The maximum absolute atomic E-state index is 13.0. The SMILES string of the molecule is COc1ccc(CC[C@@]2(C)NC(=O)N(CC(=O)N3[C@H](C)CCC[C@H]3C)C2=O)cc1. The molecule has 0 spiro atoms. The Morgan fingerprint density at radius 1 is 1.17 bits per heavy atom. The molecular formula is C22H31N3O4. The third-order valence-electron chi connectivity index (χ3n) is 6.19. The Kier molecular flexibility index (Phi) is 6.15. The van der Waals surface area contributed by atoms with E-state index in [-0.39, 0.29) is 30.4 Å². The van der Waals surface area contributed by atoms with Gasteiger partial charge in [0, 0.05) is 12.1 Å². The Hall–Kier alpha value is -2.57. The van der Waals surface area contributed by atoms with Gasteiger partial charge in [-0.1, -0.05) is 12.1 Å². The Morgan fingerprint density at radius 2 is 1.79 bits per heavy atom. The van der Waals surface area contributed by atoms with Gasteiger partial charge in [0.2, 0.25) is 5.91 Å². The van der Waals surface area contributed by atoms with Crippen molar-refractivity contribution in [3.8, 4) is 5.75 Å². The van der Waals surface area contributed by atoms with Crippen LogP contribution in [-0.2, 0) is 16.0 Å². The van der Waals surface area contributed by atoms with Gasteiger partial charge >= 0.3 is 6.03 Å². The predicted octanol–water partition coefficient (Wildman–Crippen LogP) is 2.73. The van der Waals surface area contributed by atoms with Gasteiger partial charge in [-0.15, -0.1) is 0 Å². The van der Waals surface area contributed by atoms with Crippen molar-refractivity contribution >= 4 is 17.8 Å². The molecule has 7 nitrogen and oxygen atoms in total. The van der Waals surface area contributed by atoms with Crippen molar-refractivity contribution in [1.82, 2.24) is 15.1 Å². The maximum Gasteiger partial charge on any atom is 0.325 e. The number of carbonyl (C=O) groups excluding carboxylic acids is 3. The Bertz CT molecular complexity index is 769. The van der Waals surface area contributed by atoms with Gasteiger partial charge in [0.1, 0.15) is 17.8 Å². The van der Waals surface area contributed by atoms with Crippen LogP contribution in [0.15, 0.2) is 24.3 Å². The van der Waals surface area contributed by atoms with Crippen LogP contribution in [0.3, 0.4) is 0 Å². The number of likely N-dealkylation sites (tertiary alicyclic amines) is 1. The molecule has 2 aliphatic rings. The van der Waals surface area contributed by atoms with Crippen molar-refractivity contribution in [3.63, 3.8) is 0 Å². The number of amides is 4. The standard InChI is InChI=1S/C22H31N3O4/c1-15-6-5-7-16(2)25(15)19(26)14-24-20(27)22(3,23-21(24)28)13-12-17-8-10-18(29-4)11-9-17/h8-11,15-16H,5-7,12-14H2,1-4H3,(H,23,28)/t15-,16-,22-/m1/s1. The lowest BCUT2D eigenvalue weighted by atomic mass is 9.93. The molecule has 1 N–H and O–H groups in total. The number of ether oxygens (including phenoxy) is 1. The summed E-state index contributed by atoms with van der Waals surface area (Å²) in [5.74, 6) is 0.283. The third-order valence-corrected chi connectivity index (χ3v) is 6.19. The van der Waals surface area contributed by atoms with Crippen LogP contribution in [0, 0.1) is 0 Å². The summed E-state index contributed by atoms with van der Waals surface area (Å²) >= 11 is 0. The monoisotopic (exact) mass is 401 g/mol. The zero-order valence-electron chi connectivity index (χ0n) is 17.7. The van der Waals surface area contributed by atoms with E-state index in [1.165, 1.54) is 0 Å². The normalized spacial score (nSPS) is 27.2. The lowest BCUT2D eigenvalue weighted by molar-refractivity contribution is -0.142. The molecule has 4 amide bonds. The van der Waals surface area contributed by atoms with E-state index in [2.05, 4.69) is 5.32 Å². The molecule has 2 fully saturated rings. The highest BCUT2D eigenvalue weighted by Crippen LogP contribution is 2.26. The second-order valence-corrected chi connectivity index (χ2v) is 8.43. The fraction of sp³-hybridized carbons (Fsp3) is 0.591. The molecule has 0 radical (unpaired) electrons. The number of hydrogen-bond acceptors (Lipinski definition) is 4. The molecule has 29 heavy (non-hydrogen) atoms. The highest BCUT2D eigenvalue weighted by Gasteiger charge is 2.48. The molecule has 0 aliphatic carbocycles. The number of nitrogens with one attached hydrogen (secondary N) is 1. The summed E-state index contributed by atoms with van der Waals surface area (Å²) in [6.07, 6.45) is 4.10. The number of nitrogens with zero attached hydrogens (tertiary/aromatic N) is 2. The highest BCUT2D eigenvalue weighted by atomic mass is 16.5. The van der Waals surface area contributed by atoms with Crippen molar-refractivity contribution in [3.05, 3.63) is 29.8 Å². The van der Waals surface area contributed by atoms with Gasteiger partial charge in [0.15, 0.2) is 0 Å². The van der Waals surface area contributed by atoms with E-state index < -0.39 is 11.6 Å². The fourth-order valence-electron chi connectivity index (χ4n) is 4.38. The van der Waals surface area contributed by atoms with Gasteiger partial charge in [-0.05, 0) is 70.6 Å². The number of hydrogen-bond donors (Lipinski definition) is 1. The molecule has 3 rings (SSSR count). The van der Waals surface area contributed by atoms with Crippen LogP contribution >= 0.6 is 0 Å². The molecule has 7 heteroatoms. The molecule has 1 aromatic carbocycles. The van der Waals surface area contributed by atoms with Crippen molar-refractivity contribution in [2.75, 3.05) is 13.7 Å². The molecule has 1 aromatic rings. The quantitative estimate of drug-likeness (QED) is 0.744. The van der Waals surface area contributed by atoms with Crippen LogP contribution in [0.1, 0.15) is 52.0 Å². The number of rotatable bonds is 6. The van der Waals surface area contributed by atoms with Gasteiger partial charge in [-0.3, -0.25) is 14.5 Å². The lowest BCUT2D eigenvalue weighted by Gasteiger charge is -2.39. The van der Waals surface area contributed by atoms with Gasteiger partial charge in [0.25, 0.3) is 5.91 Å². The molecule has 2 saturated heterocycles. The first-order valence-corrected chi connectivity index (χ1v) is 10.3. The van der Waals surface area contributed by atoms with Crippen LogP contribution < -0.4 is 10.1 Å². The molecule has 0 bridgehead atoms. The van der Waals surface area contributed by atoms with Crippen LogP contribution in [0.25, 0.3) is 0 Å². The van der Waals surface area contributed by atoms with E-state index in [0.717, 1.165) is 35.5 Å². The van der Waals surface area contributed by atoms with E-state index in [9.17, 15) is 14.4 Å². The van der Waals surface area contributed by atoms with Crippen LogP contribution in [-0.4, -0.2) is 58.9 Å². The van der Waals surface area contributed by atoms with Crippen molar-refractivity contribution in [1.29, 1.82) is 0 Å². The average molecular weight is 402 g/mol. The first-order valence-electron chi connectivity index (χ1n) is 10.3. The number of methoxy groups -OCH3 is 1. The van der Waals surface area contributed by atoms with Crippen LogP contribution in [0.2, 0.25) is 0 Å². The van der Waals surface area contributed by atoms with Gasteiger partial charge in [0.05, 0.1) is 7.11 Å². The van der Waals surface area contributed by atoms with Gasteiger partial charge in [-0.2, -0.15) is 0 Å². The van der Waals surface area contributed by atoms with Crippen LogP contribution in [0.4, 0.5) is 4.79 Å². The molecule has 158 valence electrons. The highest BCUT2D eigenvalue weighted by molar-refractivity contribution is 6.08. The van der Waals surface area contributed by atoms with Crippen molar-refractivity contribution in [2.24, 2.45) is 0 Å². The summed E-state index contributed by atoms with van der Waals surface area (Å²) in [6.45, 7) is 5.58. The summed E-state index contributed by atoms with van der Waals surface area (Å²) < 4.78 is 5.16. The summed E-state index contributed by atoms with van der Waals surface area (Å²) in [4.78, 5) is 41.2. The van der Waals surface area contributed by atoms with E-state index >= 15 is 0 Å². The van der Waals surface area contributed by atoms with Gasteiger partial charge in [-0.25, -0.2) is 4.79 Å². The van der Waals surface area contributed by atoms with Crippen molar-refractivity contribution in [2.45, 2.75) is 70.5 Å². The predicted molar refractivity (Wildman–Crippen MR) is 110 cm³/mol. The summed E-state index contributed by atoms with van der Waals surface area (Å²) in [6, 6.07) is 7.42. The maximum atomic E-state index is 13.0. The molecule has 0 saturated carbocycles. The van der Waals surface area contributed by atoms with Crippen molar-refractivity contribution < 1.29 is 19.1 Å². The van der Waals surface area contributed by atoms with E-state index in [4.69, 9.17) is 4.74 Å². The van der Waals surface area contributed by atoms with Crippen LogP contribution in [0.5, 0.6) is 5.75 Å². The molecule has 2 aliphatic heterocycles. The molecular weight excluding hydrogens is 370 g/mol. The second kappa shape index (κ2) is 8.43. The average Bonchev–Trinajstić information content (AvgIpc) is 2.90. The molecule has 0 aromatic heterocycles. The summed E-state index contributed by atoms with van der Waals surface area (Å²) in [7, 11) is 1.62. The smallest absolute Gasteiger partial charge is 0.325 e. The largest absolute Gasteiger partial charge is 0.497 e. The third kappa shape index (κ3) is 4.38. The zero-order chi connectivity index (χ0) is 21.2. The summed E-state index contributed by atoms with van der Waals surface area (Å²) in [5, 5.41) is 2.80. The van der Waals surface area contributed by atoms with Gasteiger partial charge < -0.3 is 15.0 Å². The van der Waals surface area contributed by atoms with E-state index in [1.807, 2.05) is 43.0 Å². The number of piperidine rings is 1. The minimum atomic E-state index is -1.00. The number of aryl methyl sites for hydroxylation is 1. The Morgan fingerprint density at radius 3 is 2.38 bits per heavy atom. The molecule has 0 unspecified atom stereocenters. The molecule has 2 heterocycles. The first-order chi connectivity index (χ1) is 13.7. The lowest BCUT2D eigenvalue weighted by Crippen LogP contribution is -2.52. The minimum Gasteiger partial charge on any atom is -0.497 e. The van der Waals surface area contributed by atoms with E-state index in [1.54, 1.807) is 14.0 Å². The molecule has 3 atom stereocenters.